The molecule has 17 heavy (non-hydrogen) atoms. The minimum Gasteiger partial charge on any atom is -0.381 e. The van der Waals surface area contributed by atoms with E-state index in [4.69, 9.17) is 4.74 Å². The van der Waals surface area contributed by atoms with Crippen LogP contribution in [0.2, 0.25) is 0 Å². The maximum absolute atomic E-state index is 5.35. The lowest BCUT2D eigenvalue weighted by molar-refractivity contribution is 0.0656. The molecule has 1 aromatic rings. The van der Waals surface area contributed by atoms with Gasteiger partial charge in [0.2, 0.25) is 0 Å². The summed E-state index contributed by atoms with van der Waals surface area (Å²) in [4.78, 5) is 4.14. The summed E-state index contributed by atoms with van der Waals surface area (Å²) in [7, 11) is 0. The van der Waals surface area contributed by atoms with Crippen LogP contribution in [0.5, 0.6) is 0 Å². The number of pyridine rings is 1. The van der Waals surface area contributed by atoms with Crippen molar-refractivity contribution in [3.63, 3.8) is 0 Å². The molecule has 0 saturated carbocycles. The first-order valence-corrected chi connectivity index (χ1v) is 6.07. The Hall–Kier alpha value is -0.640. The number of halogens is 1. The number of hydrogen-bond acceptors (Lipinski definition) is 3. The van der Waals surface area contributed by atoms with Crippen LogP contribution in [0.15, 0.2) is 24.5 Å². The Morgan fingerprint density at radius 3 is 2.88 bits per heavy atom. The van der Waals surface area contributed by atoms with E-state index in [0.717, 1.165) is 25.7 Å². The fourth-order valence-corrected chi connectivity index (χ4v) is 2.04. The highest BCUT2D eigenvalue weighted by Crippen LogP contribution is 2.16. The third-order valence-corrected chi connectivity index (χ3v) is 3.24. The maximum Gasteiger partial charge on any atom is 0.0469 e. The van der Waals surface area contributed by atoms with E-state index >= 15 is 0 Å². The summed E-state index contributed by atoms with van der Waals surface area (Å²) in [6, 6.07) is 4.49. The molecule has 0 spiro atoms. The highest BCUT2D eigenvalue weighted by Gasteiger charge is 2.14. The van der Waals surface area contributed by atoms with Crippen LogP contribution < -0.4 is 5.32 Å². The van der Waals surface area contributed by atoms with Gasteiger partial charge >= 0.3 is 0 Å². The molecule has 1 aromatic heterocycles. The first kappa shape index (κ1) is 14.4. The van der Waals surface area contributed by atoms with Crippen LogP contribution in [-0.2, 0) is 4.74 Å². The van der Waals surface area contributed by atoms with Crippen molar-refractivity contribution in [2.75, 3.05) is 19.8 Å². The van der Waals surface area contributed by atoms with Gasteiger partial charge in [0, 0.05) is 31.6 Å². The van der Waals surface area contributed by atoms with Crippen molar-refractivity contribution < 1.29 is 4.74 Å². The Bertz CT molecular complexity index is 302. The summed E-state index contributed by atoms with van der Waals surface area (Å²) in [5.41, 5.74) is 1.26. The average Bonchev–Trinajstić information content (AvgIpc) is 2.38. The van der Waals surface area contributed by atoms with Gasteiger partial charge in [-0.3, -0.25) is 4.98 Å². The Morgan fingerprint density at radius 1 is 1.47 bits per heavy atom. The van der Waals surface area contributed by atoms with Gasteiger partial charge in [0.1, 0.15) is 0 Å². The molecule has 1 saturated heterocycles. The van der Waals surface area contributed by atoms with Gasteiger partial charge < -0.3 is 10.1 Å². The predicted molar refractivity (Wildman–Crippen MR) is 71.4 cm³/mol. The molecular formula is C13H21ClN2O. The Morgan fingerprint density at radius 2 is 2.24 bits per heavy atom. The van der Waals surface area contributed by atoms with Gasteiger partial charge in [-0.15, -0.1) is 12.4 Å². The molecule has 2 heterocycles. The molecule has 1 aliphatic heterocycles. The molecule has 1 atom stereocenters. The van der Waals surface area contributed by atoms with Crippen LogP contribution in [0.3, 0.4) is 0 Å². The second kappa shape index (κ2) is 7.64. The number of nitrogens with zero attached hydrogens (tertiary/aromatic N) is 1. The molecule has 1 fully saturated rings. The van der Waals surface area contributed by atoms with E-state index in [1.54, 1.807) is 0 Å². The Labute approximate surface area is 109 Å². The molecule has 1 aliphatic rings. The average molecular weight is 257 g/mol. The van der Waals surface area contributed by atoms with Gasteiger partial charge in [-0.1, -0.05) is 6.07 Å². The molecule has 0 bridgehead atoms. The minimum absolute atomic E-state index is 0. The van der Waals surface area contributed by atoms with E-state index < -0.39 is 0 Å². The molecular weight excluding hydrogens is 236 g/mol. The predicted octanol–water partition coefficient (Wildman–Crippen LogP) is 2.58. The SMILES string of the molecule is CC(NCC1CCOCC1)c1cccnc1.Cl. The van der Waals surface area contributed by atoms with Crippen molar-refractivity contribution >= 4 is 12.4 Å². The second-order valence-corrected chi connectivity index (χ2v) is 4.47. The molecule has 2 rings (SSSR count). The zero-order valence-corrected chi connectivity index (χ0v) is 11.1. The summed E-state index contributed by atoms with van der Waals surface area (Å²) in [5, 5.41) is 3.57. The monoisotopic (exact) mass is 256 g/mol. The van der Waals surface area contributed by atoms with Gasteiger partial charge in [-0.2, -0.15) is 0 Å². The standard InChI is InChI=1S/C13H20N2O.ClH/c1-11(13-3-2-6-14-10-13)15-9-12-4-7-16-8-5-12;/h2-3,6,10-12,15H,4-5,7-9H2,1H3;1H. The number of nitrogens with one attached hydrogen (secondary N) is 1. The minimum atomic E-state index is 0. The van der Waals surface area contributed by atoms with Gasteiger partial charge in [-0.05, 0) is 43.9 Å². The number of hydrogen-bond donors (Lipinski definition) is 1. The van der Waals surface area contributed by atoms with Crippen LogP contribution in [-0.4, -0.2) is 24.7 Å². The van der Waals surface area contributed by atoms with Crippen molar-refractivity contribution in [1.82, 2.24) is 10.3 Å². The van der Waals surface area contributed by atoms with E-state index in [1.807, 2.05) is 18.5 Å². The van der Waals surface area contributed by atoms with Gasteiger partial charge in [-0.25, -0.2) is 0 Å². The summed E-state index contributed by atoms with van der Waals surface area (Å²) < 4.78 is 5.35. The highest BCUT2D eigenvalue weighted by atomic mass is 35.5. The van der Waals surface area contributed by atoms with E-state index in [9.17, 15) is 0 Å². The maximum atomic E-state index is 5.35. The topological polar surface area (TPSA) is 34.1 Å². The van der Waals surface area contributed by atoms with Crippen LogP contribution in [0.4, 0.5) is 0 Å². The van der Waals surface area contributed by atoms with E-state index in [0.29, 0.717) is 6.04 Å². The Kier molecular flexibility index (Phi) is 6.48. The molecule has 1 unspecified atom stereocenters. The first-order chi connectivity index (χ1) is 7.86. The summed E-state index contributed by atoms with van der Waals surface area (Å²) >= 11 is 0. The van der Waals surface area contributed by atoms with Crippen LogP contribution in [0.25, 0.3) is 0 Å². The second-order valence-electron chi connectivity index (χ2n) is 4.47. The smallest absolute Gasteiger partial charge is 0.0469 e. The highest BCUT2D eigenvalue weighted by molar-refractivity contribution is 5.85. The molecule has 0 radical (unpaired) electrons. The summed E-state index contributed by atoms with van der Waals surface area (Å²) in [6.07, 6.45) is 6.12. The quantitative estimate of drug-likeness (QED) is 0.899. The molecule has 0 aromatic carbocycles. The van der Waals surface area contributed by atoms with Crippen molar-refractivity contribution in [2.24, 2.45) is 5.92 Å². The van der Waals surface area contributed by atoms with Gasteiger partial charge in [0.05, 0.1) is 0 Å². The number of rotatable bonds is 4. The van der Waals surface area contributed by atoms with Gasteiger partial charge in [0.25, 0.3) is 0 Å². The largest absolute Gasteiger partial charge is 0.381 e. The first-order valence-electron chi connectivity index (χ1n) is 6.07. The van der Waals surface area contributed by atoms with Crippen molar-refractivity contribution in [2.45, 2.75) is 25.8 Å². The van der Waals surface area contributed by atoms with E-state index in [2.05, 4.69) is 23.3 Å². The molecule has 4 heteroatoms. The van der Waals surface area contributed by atoms with E-state index in [-0.39, 0.29) is 12.4 Å². The Balaban J connectivity index is 0.00000144. The lowest BCUT2D eigenvalue weighted by atomic mass is 9.99. The lowest BCUT2D eigenvalue weighted by Crippen LogP contribution is -2.29. The molecule has 96 valence electrons. The zero-order valence-electron chi connectivity index (χ0n) is 10.3. The molecule has 1 N–H and O–H groups in total. The lowest BCUT2D eigenvalue weighted by Gasteiger charge is -2.24. The van der Waals surface area contributed by atoms with Crippen LogP contribution in [0, 0.1) is 5.92 Å². The van der Waals surface area contributed by atoms with Crippen molar-refractivity contribution in [3.8, 4) is 0 Å². The number of ether oxygens (including phenoxy) is 1. The summed E-state index contributed by atoms with van der Waals surface area (Å²) in [6.45, 7) is 5.12. The normalized spacial score (nSPS) is 18.4. The third kappa shape index (κ3) is 4.62. The third-order valence-electron chi connectivity index (χ3n) is 3.24. The number of aromatic nitrogens is 1. The molecule has 3 nitrogen and oxygen atoms in total. The van der Waals surface area contributed by atoms with Crippen LogP contribution >= 0.6 is 12.4 Å². The molecule has 0 aliphatic carbocycles. The molecule has 0 amide bonds. The summed E-state index contributed by atoms with van der Waals surface area (Å²) in [5.74, 6) is 0.771. The fourth-order valence-electron chi connectivity index (χ4n) is 2.04. The zero-order chi connectivity index (χ0) is 11.2. The van der Waals surface area contributed by atoms with Crippen molar-refractivity contribution in [3.05, 3.63) is 30.1 Å². The van der Waals surface area contributed by atoms with E-state index in [1.165, 1.54) is 18.4 Å². The van der Waals surface area contributed by atoms with Crippen molar-refractivity contribution in [1.29, 1.82) is 0 Å². The fraction of sp³-hybridized carbons (Fsp3) is 0.615. The van der Waals surface area contributed by atoms with Crippen LogP contribution in [0.1, 0.15) is 31.4 Å². The van der Waals surface area contributed by atoms with Gasteiger partial charge in [0.15, 0.2) is 0 Å².